The van der Waals surface area contributed by atoms with Crippen molar-refractivity contribution in [2.75, 3.05) is 38.1 Å². The maximum atomic E-state index is 12.9. The predicted octanol–water partition coefficient (Wildman–Crippen LogP) is 1.05. The van der Waals surface area contributed by atoms with Gasteiger partial charge in [0.2, 0.25) is 11.8 Å². The van der Waals surface area contributed by atoms with Crippen molar-refractivity contribution in [2.24, 2.45) is 11.7 Å². The van der Waals surface area contributed by atoms with Crippen molar-refractivity contribution >= 4 is 40.7 Å². The van der Waals surface area contributed by atoms with E-state index in [0.717, 1.165) is 6.42 Å². The van der Waals surface area contributed by atoms with Gasteiger partial charge in [-0.1, -0.05) is 6.92 Å². The third-order valence-corrected chi connectivity index (χ3v) is 7.45. The molecular formula is C27H39N9O5. The molecule has 0 saturated carbocycles. The third-order valence-electron chi connectivity index (χ3n) is 7.45. The van der Waals surface area contributed by atoms with Crippen LogP contribution in [0.15, 0.2) is 18.6 Å². The summed E-state index contributed by atoms with van der Waals surface area (Å²) in [6.45, 7) is 3.87. The number of unbranched alkanes of at least 4 members (excludes halogenated alkanes) is 1. The summed E-state index contributed by atoms with van der Waals surface area (Å²) in [7, 11) is 1.90. The molecular weight excluding hydrogens is 530 g/mol. The zero-order chi connectivity index (χ0) is 29.9. The molecule has 1 aliphatic rings. The van der Waals surface area contributed by atoms with Crippen molar-refractivity contribution in [1.29, 1.82) is 5.26 Å². The van der Waals surface area contributed by atoms with Crippen LogP contribution in [0.2, 0.25) is 0 Å². The van der Waals surface area contributed by atoms with Gasteiger partial charge in [-0.05, 0) is 50.6 Å². The number of rotatable bonds is 13. The zero-order valence-electron chi connectivity index (χ0n) is 23.6. The lowest BCUT2D eigenvalue weighted by atomic mass is 9.92. The Morgan fingerprint density at radius 2 is 2.05 bits per heavy atom. The van der Waals surface area contributed by atoms with Crippen molar-refractivity contribution in [3.05, 3.63) is 18.6 Å². The summed E-state index contributed by atoms with van der Waals surface area (Å²) in [4.78, 5) is 61.3. The molecule has 14 nitrogen and oxygen atoms in total. The Morgan fingerprint density at radius 1 is 1.27 bits per heavy atom. The summed E-state index contributed by atoms with van der Waals surface area (Å²) < 4.78 is 1.37. The number of fused-ring (bicyclic) bond motifs is 1. The number of carboxylic acids is 1. The number of likely N-dealkylation sites (tertiary alicyclic amines) is 1. The van der Waals surface area contributed by atoms with Gasteiger partial charge < -0.3 is 31.3 Å². The summed E-state index contributed by atoms with van der Waals surface area (Å²) in [5.74, 6) is -0.760. The van der Waals surface area contributed by atoms with E-state index in [0.29, 0.717) is 62.2 Å². The lowest BCUT2D eigenvalue weighted by Crippen LogP contribution is -2.52. The van der Waals surface area contributed by atoms with Crippen molar-refractivity contribution in [2.45, 2.75) is 64.0 Å². The van der Waals surface area contributed by atoms with Gasteiger partial charge in [0, 0.05) is 39.3 Å². The molecule has 3 atom stereocenters. The summed E-state index contributed by atoms with van der Waals surface area (Å²) in [6, 6.07) is 2.27. The lowest BCUT2D eigenvalue weighted by Gasteiger charge is -2.42. The van der Waals surface area contributed by atoms with Crippen molar-refractivity contribution in [3.63, 3.8) is 0 Å². The second-order valence-corrected chi connectivity index (χ2v) is 10.3. The van der Waals surface area contributed by atoms with Gasteiger partial charge in [-0.15, -0.1) is 0 Å². The second-order valence-electron chi connectivity index (χ2n) is 10.3. The molecule has 3 heterocycles. The number of likely N-dealkylation sites (N-methyl/N-ethyl adjacent to an activating group) is 1. The first-order chi connectivity index (χ1) is 19.7. The molecule has 1 saturated heterocycles. The number of carbonyl (C=O) groups is 4. The molecule has 1 fully saturated rings. The molecule has 3 amide bonds. The predicted molar refractivity (Wildman–Crippen MR) is 151 cm³/mol. The van der Waals surface area contributed by atoms with E-state index in [4.69, 9.17) is 11.0 Å². The topological polar surface area (TPSA) is 200 Å². The van der Waals surface area contributed by atoms with E-state index in [-0.39, 0.29) is 37.3 Å². The number of aromatic nitrogens is 3. The highest BCUT2D eigenvalue weighted by atomic mass is 16.4. The molecule has 41 heavy (non-hydrogen) atoms. The molecule has 0 aromatic carbocycles. The molecule has 5 N–H and O–H groups in total. The van der Waals surface area contributed by atoms with Gasteiger partial charge >= 0.3 is 12.0 Å². The number of hydrogen-bond donors (Lipinski definition) is 4. The smallest absolute Gasteiger partial charge is 0.327 e. The van der Waals surface area contributed by atoms with Crippen LogP contribution in [0.4, 0.5) is 10.6 Å². The number of nitrogens with two attached hydrogens (primary N) is 1. The molecule has 2 aromatic rings. The maximum absolute atomic E-state index is 12.9. The Labute approximate surface area is 238 Å². The minimum Gasteiger partial charge on any atom is -0.480 e. The van der Waals surface area contributed by atoms with E-state index in [1.54, 1.807) is 17.2 Å². The fraction of sp³-hybridized carbons (Fsp3) is 0.593. The first-order valence-electron chi connectivity index (χ1n) is 13.9. The molecule has 1 aliphatic heterocycles. The first kappa shape index (κ1) is 31.3. The van der Waals surface area contributed by atoms with Crippen molar-refractivity contribution in [1.82, 2.24) is 30.1 Å². The zero-order valence-corrected chi connectivity index (χ0v) is 23.6. The number of carboxylic acid groups (broad SMARTS) is 1. The first-order valence-corrected chi connectivity index (χ1v) is 13.9. The van der Waals surface area contributed by atoms with Crippen LogP contribution in [0.5, 0.6) is 0 Å². The summed E-state index contributed by atoms with van der Waals surface area (Å²) in [5.41, 5.74) is 5.86. The normalized spacial score (nSPS) is 17.5. The SMILES string of the molecule is C[C@@H]1CCN(C(=O)CC#N)C[C@@H]1N(C)c1ncnc2c1ccn2C(=O)NCCCC(=O)NC(CCCCN)C(=O)O. The van der Waals surface area contributed by atoms with E-state index >= 15 is 0 Å². The van der Waals surface area contributed by atoms with E-state index in [1.807, 2.05) is 18.0 Å². The van der Waals surface area contributed by atoms with Crippen LogP contribution >= 0.6 is 0 Å². The van der Waals surface area contributed by atoms with E-state index in [1.165, 1.54) is 10.9 Å². The summed E-state index contributed by atoms with van der Waals surface area (Å²) in [6.07, 6.45) is 5.64. The molecule has 0 spiro atoms. The van der Waals surface area contributed by atoms with Gasteiger partial charge in [-0.2, -0.15) is 5.26 Å². The number of nitrogens with zero attached hydrogens (tertiary/aromatic N) is 6. The monoisotopic (exact) mass is 569 g/mol. The fourth-order valence-electron chi connectivity index (χ4n) is 5.05. The van der Waals surface area contributed by atoms with Crippen LogP contribution in [0.25, 0.3) is 11.0 Å². The summed E-state index contributed by atoms with van der Waals surface area (Å²) >= 11 is 0. The van der Waals surface area contributed by atoms with Crippen LogP contribution in [-0.4, -0.2) is 93.7 Å². The van der Waals surface area contributed by atoms with Crippen LogP contribution < -0.4 is 21.3 Å². The number of piperidine rings is 1. The van der Waals surface area contributed by atoms with Crippen LogP contribution in [-0.2, 0) is 14.4 Å². The average molecular weight is 570 g/mol. The number of hydrogen-bond acceptors (Lipinski definition) is 9. The van der Waals surface area contributed by atoms with Gasteiger partial charge in [-0.25, -0.2) is 19.6 Å². The summed E-state index contributed by atoms with van der Waals surface area (Å²) in [5, 5.41) is 24.2. The fourth-order valence-corrected chi connectivity index (χ4v) is 5.05. The molecule has 3 rings (SSSR count). The van der Waals surface area contributed by atoms with Crippen molar-refractivity contribution in [3.8, 4) is 6.07 Å². The number of anilines is 1. The average Bonchev–Trinajstić information content (AvgIpc) is 3.39. The number of carbonyl (C=O) groups excluding carboxylic acids is 3. The maximum Gasteiger partial charge on any atom is 0.327 e. The molecule has 1 unspecified atom stereocenters. The standard InChI is InChI=1S/C27H39N9O5/c1-18-9-14-35(23(38)8-12-29)16-21(18)34(2)24-19-10-15-36(25(19)32-17-31-24)27(41)30-13-5-7-22(37)33-20(26(39)40)6-3-4-11-28/h10,15,17-18,20-21H,3-9,11,13-14,16,28H2,1-2H3,(H,30,41)(H,33,37)(H,39,40)/t18-,20?,21+/m1/s1. The minimum atomic E-state index is -1.09. The molecule has 0 radical (unpaired) electrons. The van der Waals surface area contributed by atoms with Gasteiger partial charge in [0.15, 0.2) is 5.65 Å². The quantitative estimate of drug-likeness (QED) is 0.253. The molecule has 222 valence electrons. The van der Waals surface area contributed by atoms with Gasteiger partial charge in [0.1, 0.15) is 24.6 Å². The Balaban J connectivity index is 1.59. The Hall–Kier alpha value is -4.25. The molecule has 0 bridgehead atoms. The highest BCUT2D eigenvalue weighted by Gasteiger charge is 2.33. The Kier molecular flexibility index (Phi) is 11.4. The molecule has 0 aliphatic carbocycles. The number of aliphatic carboxylic acids is 1. The third kappa shape index (κ3) is 8.14. The van der Waals surface area contributed by atoms with Crippen LogP contribution in [0, 0.1) is 17.2 Å². The Morgan fingerprint density at radius 3 is 2.76 bits per heavy atom. The largest absolute Gasteiger partial charge is 0.480 e. The molecule has 14 heteroatoms. The molecule has 2 aromatic heterocycles. The second kappa shape index (κ2) is 14.9. The van der Waals surface area contributed by atoms with Gasteiger partial charge in [-0.3, -0.25) is 14.2 Å². The van der Waals surface area contributed by atoms with E-state index < -0.39 is 23.9 Å². The van der Waals surface area contributed by atoms with Crippen molar-refractivity contribution < 1.29 is 24.3 Å². The van der Waals surface area contributed by atoms with Crippen LogP contribution in [0.3, 0.4) is 0 Å². The number of nitrogens with one attached hydrogen (secondary N) is 2. The van der Waals surface area contributed by atoms with E-state index in [9.17, 15) is 24.3 Å². The van der Waals surface area contributed by atoms with Gasteiger partial charge in [0.25, 0.3) is 0 Å². The van der Waals surface area contributed by atoms with Gasteiger partial charge in [0.05, 0.1) is 17.5 Å². The van der Waals surface area contributed by atoms with E-state index in [2.05, 4.69) is 27.5 Å². The number of amides is 3. The van der Waals surface area contributed by atoms with Crippen LogP contribution in [0.1, 0.15) is 51.9 Å². The number of nitriles is 1. The highest BCUT2D eigenvalue weighted by molar-refractivity contribution is 5.95. The lowest BCUT2D eigenvalue weighted by molar-refractivity contribution is -0.142. The Bertz CT molecular complexity index is 1270. The minimum absolute atomic E-state index is 0.0331. The highest BCUT2D eigenvalue weighted by Crippen LogP contribution is 2.29.